The maximum absolute atomic E-state index is 12.3. The van der Waals surface area contributed by atoms with Crippen LogP contribution in [0.15, 0.2) is 86.7 Å². The molecule has 0 fully saturated rings. The second kappa shape index (κ2) is 8.70. The van der Waals surface area contributed by atoms with Crippen LogP contribution in [0.2, 0.25) is 0 Å². The topological polar surface area (TPSA) is 109 Å². The first-order chi connectivity index (χ1) is 13.5. The number of benzene rings is 2. The number of hydrogen-bond acceptors (Lipinski definition) is 6. The van der Waals surface area contributed by atoms with Gasteiger partial charge in [-0.1, -0.05) is 36.0 Å². The molecule has 0 aliphatic rings. The Morgan fingerprint density at radius 2 is 1.93 bits per heavy atom. The molecule has 0 aliphatic heterocycles. The molecule has 0 saturated carbocycles. The Balaban J connectivity index is 1.73. The van der Waals surface area contributed by atoms with Crippen molar-refractivity contribution in [3.05, 3.63) is 88.2 Å². The predicted octanol–water partition coefficient (Wildman–Crippen LogP) is 4.88. The van der Waals surface area contributed by atoms with Gasteiger partial charge in [-0.15, -0.1) is 0 Å². The summed E-state index contributed by atoms with van der Waals surface area (Å²) in [6.07, 6.45) is 1.32. The number of nitrogens with zero attached hydrogens (tertiary/aromatic N) is 2. The van der Waals surface area contributed by atoms with Crippen LogP contribution < -0.4 is 5.32 Å². The van der Waals surface area contributed by atoms with Gasteiger partial charge in [0, 0.05) is 28.8 Å². The second-order valence-electron chi connectivity index (χ2n) is 5.50. The van der Waals surface area contributed by atoms with Crippen LogP contribution in [0.1, 0.15) is 5.76 Å². The van der Waals surface area contributed by atoms with Gasteiger partial charge in [0.05, 0.1) is 4.92 Å². The average molecular weight is 391 g/mol. The Kier molecular flexibility index (Phi) is 5.89. The van der Waals surface area contributed by atoms with Crippen LogP contribution in [0.3, 0.4) is 0 Å². The van der Waals surface area contributed by atoms with Crippen molar-refractivity contribution < 1.29 is 14.1 Å². The predicted molar refractivity (Wildman–Crippen MR) is 105 cm³/mol. The fraction of sp³-hybridized carbons (Fsp3) is 0. The van der Waals surface area contributed by atoms with Crippen molar-refractivity contribution >= 4 is 35.1 Å². The summed E-state index contributed by atoms with van der Waals surface area (Å²) in [5.74, 6) is -0.333. The van der Waals surface area contributed by atoms with Gasteiger partial charge in [-0.25, -0.2) is 0 Å². The number of anilines is 1. The molecule has 0 aliphatic carbocycles. The molecule has 1 aromatic heterocycles. The number of hydrogen-bond donors (Lipinski definition) is 1. The molecule has 28 heavy (non-hydrogen) atoms. The zero-order chi connectivity index (χ0) is 19.9. The molecule has 1 N–H and O–H groups in total. The van der Waals surface area contributed by atoms with Crippen molar-refractivity contribution in [3.8, 4) is 6.07 Å². The molecule has 3 aromatic rings. The van der Waals surface area contributed by atoms with E-state index in [2.05, 4.69) is 5.32 Å². The molecular formula is C20H13N3O4S. The van der Waals surface area contributed by atoms with Crippen molar-refractivity contribution in [1.29, 1.82) is 5.26 Å². The van der Waals surface area contributed by atoms with Gasteiger partial charge in [0.25, 0.3) is 11.6 Å². The van der Waals surface area contributed by atoms with Crippen LogP contribution in [0.25, 0.3) is 6.08 Å². The van der Waals surface area contributed by atoms with Crippen LogP contribution in [-0.2, 0) is 4.79 Å². The highest BCUT2D eigenvalue weighted by Crippen LogP contribution is 2.29. The van der Waals surface area contributed by atoms with Gasteiger partial charge in [0.15, 0.2) is 5.09 Å². The first-order valence-electron chi connectivity index (χ1n) is 8.05. The molecule has 2 aromatic carbocycles. The van der Waals surface area contributed by atoms with Crippen molar-refractivity contribution in [2.45, 2.75) is 9.99 Å². The first-order valence-corrected chi connectivity index (χ1v) is 8.87. The van der Waals surface area contributed by atoms with Gasteiger partial charge in [-0.2, -0.15) is 5.26 Å². The smallest absolute Gasteiger partial charge is 0.271 e. The van der Waals surface area contributed by atoms with Crippen LogP contribution in [-0.4, -0.2) is 10.8 Å². The second-order valence-corrected chi connectivity index (χ2v) is 6.58. The van der Waals surface area contributed by atoms with Crippen LogP contribution in [0.5, 0.6) is 0 Å². The zero-order valence-electron chi connectivity index (χ0n) is 14.4. The minimum atomic E-state index is -0.684. The molecule has 0 unspecified atom stereocenters. The number of carbonyl (C=O) groups excluding carboxylic acids is 1. The fourth-order valence-corrected chi connectivity index (χ4v) is 3.06. The molecule has 7 nitrogen and oxygen atoms in total. The monoisotopic (exact) mass is 391 g/mol. The van der Waals surface area contributed by atoms with Crippen LogP contribution in [0, 0.1) is 21.4 Å². The van der Waals surface area contributed by atoms with Crippen molar-refractivity contribution in [2.75, 3.05) is 5.32 Å². The number of furan rings is 1. The van der Waals surface area contributed by atoms with Crippen molar-refractivity contribution in [1.82, 2.24) is 0 Å². The highest BCUT2D eigenvalue weighted by molar-refractivity contribution is 7.99. The third kappa shape index (κ3) is 4.87. The lowest BCUT2D eigenvalue weighted by Gasteiger charge is -2.03. The molecule has 0 bridgehead atoms. The van der Waals surface area contributed by atoms with E-state index < -0.39 is 10.8 Å². The number of nitro groups is 1. The Morgan fingerprint density at radius 1 is 1.14 bits per heavy atom. The number of nitro benzene ring substituents is 1. The molecule has 1 amide bonds. The standard InChI is InChI=1S/C20H13N3O4S/c21-13-14(20(24)22-15-5-4-6-16(12-15)23(25)26)11-17-9-10-19(27-17)28-18-7-2-1-3-8-18/h1-12H,(H,22,24)/b14-11+. The van der Waals surface area contributed by atoms with Gasteiger partial charge in [-0.05, 0) is 30.3 Å². The summed E-state index contributed by atoms with van der Waals surface area (Å²) in [6.45, 7) is 0. The summed E-state index contributed by atoms with van der Waals surface area (Å²) in [6, 6.07) is 20.3. The lowest BCUT2D eigenvalue weighted by molar-refractivity contribution is -0.384. The Morgan fingerprint density at radius 3 is 2.64 bits per heavy atom. The number of nitriles is 1. The van der Waals surface area contributed by atoms with E-state index >= 15 is 0 Å². The van der Waals surface area contributed by atoms with Gasteiger partial charge < -0.3 is 9.73 Å². The molecule has 0 spiro atoms. The third-order valence-corrected chi connectivity index (χ3v) is 4.46. The van der Waals surface area contributed by atoms with Crippen LogP contribution >= 0.6 is 11.8 Å². The highest BCUT2D eigenvalue weighted by Gasteiger charge is 2.13. The van der Waals surface area contributed by atoms with Gasteiger partial charge in [-0.3, -0.25) is 14.9 Å². The summed E-state index contributed by atoms with van der Waals surface area (Å²) in [7, 11) is 0. The van der Waals surface area contributed by atoms with E-state index in [4.69, 9.17) is 4.42 Å². The number of rotatable bonds is 6. The van der Waals surface area contributed by atoms with Gasteiger partial charge in [0.2, 0.25) is 0 Å². The van der Waals surface area contributed by atoms with E-state index in [1.807, 2.05) is 36.4 Å². The SMILES string of the molecule is N#C/C(=C\c1ccc(Sc2ccccc2)o1)C(=O)Nc1cccc([N+](=O)[O-])c1. The lowest BCUT2D eigenvalue weighted by Crippen LogP contribution is -2.13. The van der Waals surface area contributed by atoms with Crippen molar-refractivity contribution in [2.24, 2.45) is 0 Å². The third-order valence-electron chi connectivity index (χ3n) is 3.53. The first kappa shape index (κ1) is 18.9. The largest absolute Gasteiger partial charge is 0.450 e. The highest BCUT2D eigenvalue weighted by atomic mass is 32.2. The van der Waals surface area contributed by atoms with Crippen molar-refractivity contribution in [3.63, 3.8) is 0 Å². The maximum Gasteiger partial charge on any atom is 0.271 e. The molecule has 138 valence electrons. The number of carbonyl (C=O) groups is 1. The Labute approximate surface area is 164 Å². The molecule has 0 saturated heterocycles. The number of non-ortho nitro benzene ring substituents is 1. The van der Waals surface area contributed by atoms with E-state index in [0.29, 0.717) is 10.9 Å². The van der Waals surface area contributed by atoms with E-state index in [1.165, 1.54) is 42.1 Å². The Hall–Kier alpha value is -3.83. The average Bonchev–Trinajstić information content (AvgIpc) is 3.14. The number of nitrogens with one attached hydrogen (secondary N) is 1. The lowest BCUT2D eigenvalue weighted by atomic mass is 10.2. The summed E-state index contributed by atoms with van der Waals surface area (Å²) < 4.78 is 5.64. The molecule has 0 radical (unpaired) electrons. The minimum Gasteiger partial charge on any atom is -0.450 e. The van der Waals surface area contributed by atoms with E-state index in [9.17, 15) is 20.2 Å². The zero-order valence-corrected chi connectivity index (χ0v) is 15.2. The van der Waals surface area contributed by atoms with Gasteiger partial charge in [0.1, 0.15) is 17.4 Å². The normalized spacial score (nSPS) is 10.9. The summed E-state index contributed by atoms with van der Waals surface area (Å²) in [4.78, 5) is 23.6. The maximum atomic E-state index is 12.3. The minimum absolute atomic E-state index is 0.158. The van der Waals surface area contributed by atoms with E-state index in [-0.39, 0.29) is 16.9 Å². The van der Waals surface area contributed by atoms with Gasteiger partial charge >= 0.3 is 0 Å². The van der Waals surface area contributed by atoms with Crippen LogP contribution in [0.4, 0.5) is 11.4 Å². The molecule has 3 rings (SSSR count). The van der Waals surface area contributed by atoms with E-state index in [0.717, 1.165) is 4.90 Å². The summed E-state index contributed by atoms with van der Waals surface area (Å²) in [5, 5.41) is 23.2. The quantitative estimate of drug-likeness (QED) is 0.277. The molecular weight excluding hydrogens is 378 g/mol. The molecule has 8 heteroatoms. The summed E-state index contributed by atoms with van der Waals surface area (Å²) >= 11 is 1.42. The summed E-state index contributed by atoms with van der Waals surface area (Å²) in [5.41, 5.74) is -0.119. The fourth-order valence-electron chi connectivity index (χ4n) is 2.26. The Bertz CT molecular complexity index is 1080. The molecule has 1 heterocycles. The van der Waals surface area contributed by atoms with E-state index in [1.54, 1.807) is 12.1 Å². The molecule has 0 atom stereocenters. The number of amides is 1.